The summed E-state index contributed by atoms with van der Waals surface area (Å²) < 4.78 is 0. The number of carbonyl (C=O) groups excluding carboxylic acids is 1. The predicted octanol–water partition coefficient (Wildman–Crippen LogP) is 2.23. The van der Waals surface area contributed by atoms with Crippen LogP contribution in [0.3, 0.4) is 0 Å². The largest absolute Gasteiger partial charge is 0.335 e. The van der Waals surface area contributed by atoms with E-state index in [2.05, 4.69) is 0 Å². The van der Waals surface area contributed by atoms with Gasteiger partial charge in [0.2, 0.25) is 0 Å². The van der Waals surface area contributed by atoms with E-state index in [-0.39, 0.29) is 5.41 Å². The van der Waals surface area contributed by atoms with Gasteiger partial charge in [-0.25, -0.2) is 0 Å². The lowest BCUT2D eigenvalue weighted by molar-refractivity contribution is -0.904. The lowest BCUT2D eigenvalue weighted by Crippen LogP contribution is -3.12. The molecule has 20 heavy (non-hydrogen) atoms. The van der Waals surface area contributed by atoms with Crippen molar-refractivity contribution in [2.45, 2.75) is 64.2 Å². The van der Waals surface area contributed by atoms with Crippen LogP contribution in [0.4, 0.5) is 0 Å². The lowest BCUT2D eigenvalue weighted by Gasteiger charge is -2.56. The van der Waals surface area contributed by atoms with Crippen LogP contribution in [-0.4, -0.2) is 25.4 Å². The summed E-state index contributed by atoms with van der Waals surface area (Å²) in [5.41, 5.74) is 0.157. The SMILES string of the molecule is O=C(CC[NH+]1CCCCC1)C12CC3CC(CC(C3)C1)C2. The highest BCUT2D eigenvalue weighted by Gasteiger charge is 2.54. The summed E-state index contributed by atoms with van der Waals surface area (Å²) in [6.07, 6.45) is 13.2. The number of ketones is 1. The molecule has 4 aliphatic carbocycles. The van der Waals surface area contributed by atoms with Crippen LogP contribution < -0.4 is 4.90 Å². The fourth-order valence-electron chi connectivity index (χ4n) is 6.31. The second-order valence-corrected chi connectivity index (χ2v) is 8.43. The van der Waals surface area contributed by atoms with Crippen molar-refractivity contribution in [2.75, 3.05) is 19.6 Å². The molecule has 0 aromatic carbocycles. The van der Waals surface area contributed by atoms with Crippen molar-refractivity contribution in [2.24, 2.45) is 23.2 Å². The van der Waals surface area contributed by atoms with Gasteiger partial charge >= 0.3 is 0 Å². The van der Waals surface area contributed by atoms with Crippen LogP contribution >= 0.6 is 0 Å². The lowest BCUT2D eigenvalue weighted by atomic mass is 9.48. The molecule has 0 radical (unpaired) electrons. The summed E-state index contributed by atoms with van der Waals surface area (Å²) in [7, 11) is 0. The Morgan fingerprint density at radius 3 is 2.00 bits per heavy atom. The summed E-state index contributed by atoms with van der Waals surface area (Å²) in [4.78, 5) is 14.6. The molecule has 0 amide bonds. The normalized spacial score (nSPS) is 43.9. The van der Waals surface area contributed by atoms with Crippen molar-refractivity contribution in [1.29, 1.82) is 0 Å². The highest BCUT2D eigenvalue weighted by molar-refractivity contribution is 5.85. The zero-order valence-corrected chi connectivity index (χ0v) is 12.8. The standard InChI is InChI=1S/C18H29NO/c20-17(4-7-19-5-2-1-3-6-19)18-11-14-8-15(12-18)10-16(9-14)13-18/h14-16H,1-13H2/p+1. The molecule has 5 rings (SSSR count). The van der Waals surface area contributed by atoms with Gasteiger partial charge in [-0.15, -0.1) is 0 Å². The number of hydrogen-bond acceptors (Lipinski definition) is 1. The van der Waals surface area contributed by atoms with E-state index in [0.717, 1.165) is 30.7 Å². The van der Waals surface area contributed by atoms with Crippen molar-refractivity contribution in [3.8, 4) is 0 Å². The summed E-state index contributed by atoms with van der Waals surface area (Å²) >= 11 is 0. The van der Waals surface area contributed by atoms with Crippen LogP contribution in [0.2, 0.25) is 0 Å². The van der Waals surface area contributed by atoms with Gasteiger partial charge in [-0.1, -0.05) is 0 Å². The van der Waals surface area contributed by atoms with Gasteiger partial charge in [-0.05, 0) is 75.5 Å². The minimum atomic E-state index is 0.157. The maximum absolute atomic E-state index is 12.9. The average Bonchev–Trinajstić information content (AvgIpc) is 2.44. The summed E-state index contributed by atoms with van der Waals surface area (Å²) in [6.45, 7) is 3.75. The van der Waals surface area contributed by atoms with Gasteiger partial charge in [0.15, 0.2) is 0 Å². The third kappa shape index (κ3) is 2.34. The van der Waals surface area contributed by atoms with E-state index in [0.29, 0.717) is 5.78 Å². The fourth-order valence-corrected chi connectivity index (χ4v) is 6.31. The number of nitrogens with one attached hydrogen (secondary N) is 1. The zero-order valence-electron chi connectivity index (χ0n) is 12.8. The second-order valence-electron chi connectivity index (χ2n) is 8.43. The number of hydrogen-bond donors (Lipinski definition) is 1. The number of likely N-dealkylation sites (tertiary alicyclic amines) is 1. The molecule has 4 saturated carbocycles. The van der Waals surface area contributed by atoms with E-state index in [9.17, 15) is 4.79 Å². The summed E-state index contributed by atoms with van der Waals surface area (Å²) in [5, 5.41) is 0. The minimum Gasteiger partial charge on any atom is -0.335 e. The molecule has 1 aliphatic heterocycles. The van der Waals surface area contributed by atoms with Crippen LogP contribution in [-0.2, 0) is 4.79 Å². The van der Waals surface area contributed by atoms with Gasteiger partial charge in [0, 0.05) is 5.41 Å². The average molecular weight is 276 g/mol. The van der Waals surface area contributed by atoms with Crippen molar-refractivity contribution >= 4 is 5.78 Å². The third-order valence-electron chi connectivity index (χ3n) is 6.90. The Balaban J connectivity index is 1.38. The molecule has 0 aromatic rings. The first-order chi connectivity index (χ1) is 9.73. The molecule has 0 aromatic heterocycles. The van der Waals surface area contributed by atoms with Crippen LogP contribution in [0.5, 0.6) is 0 Å². The Bertz CT molecular complexity index is 348. The zero-order chi connectivity index (χ0) is 13.6. The van der Waals surface area contributed by atoms with E-state index in [1.807, 2.05) is 0 Å². The first-order valence-electron chi connectivity index (χ1n) is 9.10. The van der Waals surface area contributed by atoms with Crippen LogP contribution in [0.25, 0.3) is 0 Å². The maximum Gasteiger partial charge on any atom is 0.144 e. The van der Waals surface area contributed by atoms with Gasteiger partial charge in [0.25, 0.3) is 0 Å². The van der Waals surface area contributed by atoms with Gasteiger partial charge in [-0.2, -0.15) is 0 Å². The Hall–Kier alpha value is -0.370. The monoisotopic (exact) mass is 276 g/mol. The molecule has 0 spiro atoms. The summed E-state index contributed by atoms with van der Waals surface area (Å²) in [5.74, 6) is 3.39. The smallest absolute Gasteiger partial charge is 0.144 e. The van der Waals surface area contributed by atoms with Crippen LogP contribution in [0, 0.1) is 23.2 Å². The maximum atomic E-state index is 12.9. The molecule has 0 atom stereocenters. The third-order valence-corrected chi connectivity index (χ3v) is 6.90. The van der Waals surface area contributed by atoms with Crippen molar-refractivity contribution in [3.05, 3.63) is 0 Å². The fraction of sp³-hybridized carbons (Fsp3) is 0.944. The molecule has 1 N–H and O–H groups in total. The molecule has 1 heterocycles. The molecular weight excluding hydrogens is 246 g/mol. The molecule has 2 heteroatoms. The Morgan fingerprint density at radius 2 is 1.45 bits per heavy atom. The molecule has 0 unspecified atom stereocenters. The molecule has 112 valence electrons. The topological polar surface area (TPSA) is 21.5 Å². The van der Waals surface area contributed by atoms with E-state index in [1.165, 1.54) is 70.9 Å². The molecular formula is C18H30NO+. The number of piperidine rings is 1. The van der Waals surface area contributed by atoms with E-state index in [1.54, 1.807) is 4.90 Å². The number of Topliss-reactive ketones (excluding diaryl/α,β-unsaturated/α-hetero) is 1. The van der Waals surface area contributed by atoms with Gasteiger partial charge < -0.3 is 4.90 Å². The van der Waals surface area contributed by atoms with Crippen molar-refractivity contribution < 1.29 is 9.69 Å². The van der Waals surface area contributed by atoms with Gasteiger partial charge in [0.1, 0.15) is 5.78 Å². The second kappa shape index (κ2) is 5.12. The Morgan fingerprint density at radius 1 is 0.900 bits per heavy atom. The number of rotatable bonds is 4. The molecule has 4 bridgehead atoms. The molecule has 2 nitrogen and oxygen atoms in total. The first-order valence-corrected chi connectivity index (χ1v) is 9.10. The van der Waals surface area contributed by atoms with Gasteiger partial charge in [0.05, 0.1) is 26.1 Å². The molecule has 1 saturated heterocycles. The van der Waals surface area contributed by atoms with Crippen molar-refractivity contribution in [3.63, 3.8) is 0 Å². The quantitative estimate of drug-likeness (QED) is 0.835. The Labute approximate surface area is 123 Å². The first kappa shape index (κ1) is 13.3. The highest BCUT2D eigenvalue weighted by Crippen LogP contribution is 2.60. The van der Waals surface area contributed by atoms with E-state index >= 15 is 0 Å². The minimum absolute atomic E-state index is 0.157. The number of carbonyl (C=O) groups is 1. The summed E-state index contributed by atoms with van der Waals surface area (Å²) in [6, 6.07) is 0. The highest BCUT2D eigenvalue weighted by atomic mass is 16.1. The van der Waals surface area contributed by atoms with Crippen LogP contribution in [0.1, 0.15) is 64.2 Å². The molecule has 5 aliphatic rings. The van der Waals surface area contributed by atoms with Gasteiger partial charge in [-0.3, -0.25) is 4.79 Å². The van der Waals surface area contributed by atoms with Crippen LogP contribution in [0.15, 0.2) is 0 Å². The Kier molecular flexibility index (Phi) is 3.41. The van der Waals surface area contributed by atoms with E-state index in [4.69, 9.17) is 0 Å². The van der Waals surface area contributed by atoms with Crippen molar-refractivity contribution in [1.82, 2.24) is 0 Å². The number of quaternary nitrogens is 1. The van der Waals surface area contributed by atoms with E-state index < -0.39 is 0 Å². The predicted molar refractivity (Wildman–Crippen MR) is 79.6 cm³/mol. The molecule has 5 fully saturated rings.